The number of ether oxygens (including phenoxy) is 2. The molecule has 0 aliphatic carbocycles. The summed E-state index contributed by atoms with van der Waals surface area (Å²) >= 11 is 6.39. The Morgan fingerprint density at radius 1 is 1.00 bits per heavy atom. The molecule has 1 fully saturated rings. The Kier molecular flexibility index (Phi) is 5.60. The maximum atomic E-state index is 10.4. The van der Waals surface area contributed by atoms with Crippen LogP contribution in [0.4, 0.5) is 0 Å². The molecule has 0 bridgehead atoms. The van der Waals surface area contributed by atoms with Crippen molar-refractivity contribution in [1.29, 1.82) is 0 Å². The van der Waals surface area contributed by atoms with Crippen LogP contribution in [-0.2, 0) is 17.6 Å². The van der Waals surface area contributed by atoms with Crippen molar-refractivity contribution in [1.82, 2.24) is 0 Å². The van der Waals surface area contributed by atoms with Gasteiger partial charge in [-0.2, -0.15) is 0 Å². The zero-order valence-corrected chi connectivity index (χ0v) is 15.9. The predicted molar refractivity (Wildman–Crippen MR) is 103 cm³/mol. The molecule has 7 heteroatoms. The van der Waals surface area contributed by atoms with Gasteiger partial charge < -0.3 is 29.9 Å². The van der Waals surface area contributed by atoms with Gasteiger partial charge in [0.05, 0.1) is 13.2 Å². The summed E-state index contributed by atoms with van der Waals surface area (Å²) in [5.74, 6) is 0.921. The molecule has 2 aliphatic rings. The number of hydrogen-bond acceptors (Lipinski definition) is 6. The van der Waals surface area contributed by atoms with E-state index < -0.39 is 37.1 Å². The van der Waals surface area contributed by atoms with Crippen molar-refractivity contribution < 1.29 is 29.9 Å². The highest BCUT2D eigenvalue weighted by Gasteiger charge is 2.44. The zero-order chi connectivity index (χ0) is 19.8. The van der Waals surface area contributed by atoms with E-state index in [9.17, 15) is 20.4 Å². The lowest BCUT2D eigenvalue weighted by Gasteiger charge is -2.40. The van der Waals surface area contributed by atoms with Crippen LogP contribution in [0.15, 0.2) is 36.4 Å². The van der Waals surface area contributed by atoms with Crippen LogP contribution in [0, 0.1) is 0 Å². The van der Waals surface area contributed by atoms with Gasteiger partial charge in [-0.3, -0.25) is 0 Å². The molecule has 0 spiro atoms. The first-order valence-corrected chi connectivity index (χ1v) is 9.69. The Balaban J connectivity index is 1.60. The molecule has 150 valence electrons. The Bertz CT molecular complexity index is 855. The third kappa shape index (κ3) is 3.64. The molecule has 0 saturated carbocycles. The van der Waals surface area contributed by atoms with Crippen LogP contribution in [0.25, 0.3) is 0 Å². The number of hydrogen-bond donors (Lipinski definition) is 4. The fourth-order valence-electron chi connectivity index (χ4n) is 3.85. The first-order valence-electron chi connectivity index (χ1n) is 9.31. The van der Waals surface area contributed by atoms with Crippen LogP contribution in [0.5, 0.6) is 5.75 Å². The molecule has 2 aliphatic heterocycles. The molecule has 0 aromatic heterocycles. The molecule has 2 heterocycles. The van der Waals surface area contributed by atoms with Crippen LogP contribution in [0.1, 0.15) is 28.4 Å². The summed E-state index contributed by atoms with van der Waals surface area (Å²) in [5, 5.41) is 40.4. The molecule has 2 aromatic rings. The highest BCUT2D eigenvalue weighted by molar-refractivity contribution is 6.31. The van der Waals surface area contributed by atoms with E-state index in [1.54, 1.807) is 12.1 Å². The van der Waals surface area contributed by atoms with E-state index in [1.165, 1.54) is 5.56 Å². The van der Waals surface area contributed by atoms with Crippen LogP contribution in [0.2, 0.25) is 5.02 Å². The highest BCUT2D eigenvalue weighted by atomic mass is 35.5. The maximum absolute atomic E-state index is 10.4. The lowest BCUT2D eigenvalue weighted by Crippen LogP contribution is -2.55. The summed E-state index contributed by atoms with van der Waals surface area (Å²) in [7, 11) is 0. The minimum atomic E-state index is -1.41. The molecule has 0 radical (unpaired) electrons. The Morgan fingerprint density at radius 3 is 2.61 bits per heavy atom. The van der Waals surface area contributed by atoms with Gasteiger partial charge in [-0.05, 0) is 40.8 Å². The molecule has 1 saturated heterocycles. The van der Waals surface area contributed by atoms with Gasteiger partial charge in [0.25, 0.3) is 0 Å². The molecule has 6 nitrogen and oxygen atoms in total. The van der Waals surface area contributed by atoms with E-state index in [2.05, 4.69) is 6.07 Å². The second-order valence-corrected chi connectivity index (χ2v) is 7.72. The van der Waals surface area contributed by atoms with E-state index in [4.69, 9.17) is 21.1 Å². The molecule has 4 rings (SSSR count). The van der Waals surface area contributed by atoms with Crippen LogP contribution in [-0.4, -0.2) is 58.1 Å². The van der Waals surface area contributed by atoms with E-state index in [1.807, 2.05) is 18.2 Å². The Labute approximate surface area is 167 Å². The van der Waals surface area contributed by atoms with Crippen molar-refractivity contribution in [3.63, 3.8) is 0 Å². The van der Waals surface area contributed by atoms with Crippen LogP contribution >= 0.6 is 11.6 Å². The van der Waals surface area contributed by atoms with Gasteiger partial charge in [0, 0.05) is 11.4 Å². The number of rotatable bonds is 4. The average molecular weight is 407 g/mol. The molecule has 28 heavy (non-hydrogen) atoms. The summed E-state index contributed by atoms with van der Waals surface area (Å²) in [4.78, 5) is 0. The monoisotopic (exact) mass is 406 g/mol. The fraction of sp³-hybridized carbons (Fsp3) is 0.429. The van der Waals surface area contributed by atoms with E-state index in [0.717, 1.165) is 23.3 Å². The SMILES string of the molecule is OC[C@H]1O[C@@H](c2ccc(Cl)c(Cc3ccc4c(c3)CCO4)c2)[C@H](O)[C@@H](O)[C@@H]1O. The van der Waals surface area contributed by atoms with E-state index in [0.29, 0.717) is 23.6 Å². The fourth-order valence-corrected chi connectivity index (χ4v) is 4.04. The van der Waals surface area contributed by atoms with Crippen molar-refractivity contribution >= 4 is 11.6 Å². The molecular formula is C21H23ClO6. The second kappa shape index (κ2) is 7.99. The van der Waals surface area contributed by atoms with Gasteiger partial charge in [0.2, 0.25) is 0 Å². The van der Waals surface area contributed by atoms with Crippen molar-refractivity contribution in [2.75, 3.05) is 13.2 Å². The first kappa shape index (κ1) is 19.6. The van der Waals surface area contributed by atoms with Gasteiger partial charge in [-0.25, -0.2) is 0 Å². The smallest absolute Gasteiger partial charge is 0.122 e. The summed E-state index contributed by atoms with van der Waals surface area (Å²) < 4.78 is 11.2. The molecular weight excluding hydrogens is 384 g/mol. The van der Waals surface area contributed by atoms with Gasteiger partial charge >= 0.3 is 0 Å². The van der Waals surface area contributed by atoms with Crippen molar-refractivity contribution in [2.24, 2.45) is 0 Å². The topological polar surface area (TPSA) is 99.4 Å². The normalized spacial score (nSPS) is 29.4. The van der Waals surface area contributed by atoms with Gasteiger partial charge in [0.1, 0.15) is 36.3 Å². The summed E-state index contributed by atoms with van der Waals surface area (Å²) in [5.41, 5.74) is 3.76. The molecule has 0 amide bonds. The van der Waals surface area contributed by atoms with Crippen molar-refractivity contribution in [3.8, 4) is 5.75 Å². The quantitative estimate of drug-likeness (QED) is 0.612. The minimum absolute atomic E-state index is 0.459. The van der Waals surface area contributed by atoms with Crippen LogP contribution < -0.4 is 4.74 Å². The first-order chi connectivity index (χ1) is 13.5. The van der Waals surface area contributed by atoms with Crippen LogP contribution in [0.3, 0.4) is 0 Å². The number of aliphatic hydroxyl groups is 4. The van der Waals surface area contributed by atoms with Gasteiger partial charge in [0.15, 0.2) is 0 Å². The average Bonchev–Trinajstić information content (AvgIpc) is 3.16. The highest BCUT2D eigenvalue weighted by Crippen LogP contribution is 2.35. The van der Waals surface area contributed by atoms with Crippen molar-refractivity contribution in [2.45, 2.75) is 43.4 Å². The molecule has 2 aromatic carbocycles. The number of fused-ring (bicyclic) bond motifs is 1. The minimum Gasteiger partial charge on any atom is -0.493 e. The van der Waals surface area contributed by atoms with Crippen molar-refractivity contribution in [3.05, 3.63) is 63.7 Å². The zero-order valence-electron chi connectivity index (χ0n) is 15.2. The number of aliphatic hydroxyl groups excluding tert-OH is 4. The Hall–Kier alpha value is -1.67. The van der Waals surface area contributed by atoms with Gasteiger partial charge in [-0.1, -0.05) is 35.9 Å². The van der Waals surface area contributed by atoms with E-state index >= 15 is 0 Å². The summed E-state index contributed by atoms with van der Waals surface area (Å²) in [6, 6.07) is 11.4. The second-order valence-electron chi connectivity index (χ2n) is 7.32. The van der Waals surface area contributed by atoms with E-state index in [-0.39, 0.29) is 0 Å². The lowest BCUT2D eigenvalue weighted by molar-refractivity contribution is -0.231. The Morgan fingerprint density at radius 2 is 1.82 bits per heavy atom. The van der Waals surface area contributed by atoms with Gasteiger partial charge in [-0.15, -0.1) is 0 Å². The number of halogens is 1. The largest absolute Gasteiger partial charge is 0.493 e. The third-order valence-corrected chi connectivity index (χ3v) is 5.81. The standard InChI is InChI=1S/C21H23ClO6/c22-15-3-2-13(21-20(26)19(25)18(24)17(10-23)28-21)9-14(15)8-11-1-4-16-12(7-11)5-6-27-16/h1-4,7,9,17-21,23-26H,5-6,8,10H2/t17-,18-,19+,20-,21+/m1/s1. The summed E-state index contributed by atoms with van der Waals surface area (Å²) in [6.07, 6.45) is -4.44. The molecule has 4 N–H and O–H groups in total. The summed E-state index contributed by atoms with van der Waals surface area (Å²) in [6.45, 7) is 0.241. The lowest BCUT2D eigenvalue weighted by atomic mass is 9.90. The molecule has 0 unspecified atom stereocenters. The number of benzene rings is 2. The maximum Gasteiger partial charge on any atom is 0.122 e. The third-order valence-electron chi connectivity index (χ3n) is 5.44. The molecule has 5 atom stereocenters. The predicted octanol–water partition coefficient (Wildman–Crippen LogP) is 1.38.